The molecule has 0 spiro atoms. The maximum absolute atomic E-state index is 12.3. The van der Waals surface area contributed by atoms with Gasteiger partial charge in [0, 0.05) is 5.57 Å². The van der Waals surface area contributed by atoms with Crippen molar-refractivity contribution >= 4 is 5.97 Å². The average Bonchev–Trinajstić information content (AvgIpc) is 2.42. The second kappa shape index (κ2) is 6.40. The minimum Gasteiger partial charge on any atom is -0.459 e. The average molecular weight is 252 g/mol. The molecule has 1 rings (SSSR count). The molecule has 1 aliphatic rings. The van der Waals surface area contributed by atoms with Crippen molar-refractivity contribution in [3.05, 3.63) is 11.1 Å². The highest BCUT2D eigenvalue weighted by Gasteiger charge is 2.28. The third-order valence-corrected chi connectivity index (χ3v) is 3.53. The summed E-state index contributed by atoms with van der Waals surface area (Å²) in [5, 5.41) is 0. The highest BCUT2D eigenvalue weighted by Crippen LogP contribution is 2.30. The largest absolute Gasteiger partial charge is 0.459 e. The van der Waals surface area contributed by atoms with Crippen LogP contribution in [0.5, 0.6) is 0 Å². The van der Waals surface area contributed by atoms with Crippen molar-refractivity contribution in [3.63, 3.8) is 0 Å². The predicted octanol–water partition coefficient (Wildman–Crippen LogP) is 4.63. The second-order valence-corrected chi connectivity index (χ2v) is 6.64. The fourth-order valence-corrected chi connectivity index (χ4v) is 2.83. The molecule has 1 fully saturated rings. The summed E-state index contributed by atoms with van der Waals surface area (Å²) >= 11 is 0. The van der Waals surface area contributed by atoms with E-state index in [1.54, 1.807) is 0 Å². The molecule has 0 aromatic heterocycles. The Morgan fingerprint density at radius 3 is 1.89 bits per heavy atom. The molecule has 0 heterocycles. The minimum atomic E-state index is -0.138. The van der Waals surface area contributed by atoms with E-state index in [4.69, 9.17) is 4.74 Å². The molecular formula is C16H28O2. The van der Waals surface area contributed by atoms with Crippen molar-refractivity contribution in [1.29, 1.82) is 0 Å². The molecule has 0 radical (unpaired) electrons. The Bertz CT molecular complexity index is 308. The number of carbonyl (C=O) groups excluding carboxylic acids is 1. The first-order valence-electron chi connectivity index (χ1n) is 7.21. The van der Waals surface area contributed by atoms with Crippen LogP contribution in [0.4, 0.5) is 0 Å². The fourth-order valence-electron chi connectivity index (χ4n) is 2.83. The van der Waals surface area contributed by atoms with E-state index < -0.39 is 0 Å². The van der Waals surface area contributed by atoms with Gasteiger partial charge in [-0.15, -0.1) is 0 Å². The molecule has 104 valence electrons. The Labute approximate surface area is 112 Å². The summed E-state index contributed by atoms with van der Waals surface area (Å²) in [7, 11) is 0. The molecule has 18 heavy (non-hydrogen) atoms. The molecule has 0 amide bonds. The molecule has 0 saturated heterocycles. The molecular weight excluding hydrogens is 224 g/mol. The molecule has 0 unspecified atom stereocenters. The molecule has 1 aliphatic carbocycles. The monoisotopic (exact) mass is 252 g/mol. The number of allylic oxidation sites excluding steroid dienone is 1. The zero-order chi connectivity index (χ0) is 13.8. The molecule has 0 aliphatic heterocycles. The van der Waals surface area contributed by atoms with Crippen LogP contribution in [-0.4, -0.2) is 12.1 Å². The van der Waals surface area contributed by atoms with Gasteiger partial charge >= 0.3 is 5.97 Å². The molecule has 0 aromatic rings. The van der Waals surface area contributed by atoms with Crippen LogP contribution in [-0.2, 0) is 9.53 Å². The van der Waals surface area contributed by atoms with Gasteiger partial charge in [0.1, 0.15) is 6.10 Å². The molecule has 0 bridgehead atoms. The first-order valence-corrected chi connectivity index (χ1v) is 7.21. The van der Waals surface area contributed by atoms with Crippen LogP contribution in [0.2, 0.25) is 0 Å². The lowest BCUT2D eigenvalue weighted by atomic mass is 9.84. The lowest BCUT2D eigenvalue weighted by molar-refractivity contribution is -0.146. The number of esters is 1. The van der Waals surface area contributed by atoms with Gasteiger partial charge in [-0.1, -0.05) is 39.2 Å². The van der Waals surface area contributed by atoms with Gasteiger partial charge in [-0.05, 0) is 44.9 Å². The van der Waals surface area contributed by atoms with Crippen molar-refractivity contribution in [3.8, 4) is 0 Å². The van der Waals surface area contributed by atoms with E-state index in [-0.39, 0.29) is 17.5 Å². The molecule has 2 nitrogen and oxygen atoms in total. The van der Waals surface area contributed by atoms with Crippen LogP contribution < -0.4 is 0 Å². The molecule has 0 N–H and O–H groups in total. The highest BCUT2D eigenvalue weighted by molar-refractivity contribution is 5.90. The number of hydrogen-bond donors (Lipinski definition) is 0. The van der Waals surface area contributed by atoms with E-state index in [2.05, 4.69) is 20.8 Å². The Kier molecular flexibility index (Phi) is 5.43. The van der Waals surface area contributed by atoms with E-state index in [9.17, 15) is 4.79 Å². The molecule has 2 heteroatoms. The van der Waals surface area contributed by atoms with E-state index in [1.807, 2.05) is 13.8 Å². The van der Waals surface area contributed by atoms with Crippen LogP contribution >= 0.6 is 0 Å². The smallest absolute Gasteiger partial charge is 0.334 e. The Hall–Kier alpha value is -0.790. The quantitative estimate of drug-likeness (QED) is 0.407. The van der Waals surface area contributed by atoms with Gasteiger partial charge in [0.2, 0.25) is 0 Å². The van der Waals surface area contributed by atoms with Crippen LogP contribution in [0.15, 0.2) is 11.1 Å². The van der Waals surface area contributed by atoms with Gasteiger partial charge < -0.3 is 4.74 Å². The fraction of sp³-hybridized carbons (Fsp3) is 0.812. The lowest BCUT2D eigenvalue weighted by Crippen LogP contribution is -2.26. The predicted molar refractivity (Wildman–Crippen MR) is 75.4 cm³/mol. The van der Waals surface area contributed by atoms with Gasteiger partial charge in [0.05, 0.1) is 0 Å². The van der Waals surface area contributed by atoms with Crippen molar-refractivity contribution in [1.82, 2.24) is 0 Å². The van der Waals surface area contributed by atoms with Crippen LogP contribution in [0.1, 0.15) is 73.1 Å². The summed E-state index contributed by atoms with van der Waals surface area (Å²) in [6.45, 7) is 10.2. The van der Waals surface area contributed by atoms with E-state index in [1.165, 1.54) is 25.7 Å². The Morgan fingerprint density at radius 1 is 1.00 bits per heavy atom. The summed E-state index contributed by atoms with van der Waals surface area (Å²) in [5.41, 5.74) is 1.77. The summed E-state index contributed by atoms with van der Waals surface area (Å²) in [4.78, 5) is 12.3. The number of hydrogen-bond acceptors (Lipinski definition) is 2. The summed E-state index contributed by atoms with van der Waals surface area (Å²) in [5.74, 6) is -0.102. The number of ether oxygens (including phenoxy) is 1. The summed E-state index contributed by atoms with van der Waals surface area (Å²) in [6, 6.07) is 0. The molecule has 1 saturated carbocycles. The van der Waals surface area contributed by atoms with Gasteiger partial charge in [-0.2, -0.15) is 0 Å². The maximum Gasteiger partial charge on any atom is 0.334 e. The zero-order valence-electron chi connectivity index (χ0n) is 12.6. The highest BCUT2D eigenvalue weighted by atomic mass is 16.5. The van der Waals surface area contributed by atoms with Crippen molar-refractivity contribution in [2.24, 2.45) is 5.41 Å². The van der Waals surface area contributed by atoms with Crippen LogP contribution in [0, 0.1) is 5.41 Å². The van der Waals surface area contributed by atoms with E-state index in [0.717, 1.165) is 24.0 Å². The molecule has 0 atom stereocenters. The third-order valence-electron chi connectivity index (χ3n) is 3.53. The van der Waals surface area contributed by atoms with Crippen molar-refractivity contribution in [2.75, 3.05) is 0 Å². The van der Waals surface area contributed by atoms with Crippen LogP contribution in [0.25, 0.3) is 0 Å². The van der Waals surface area contributed by atoms with Crippen molar-refractivity contribution < 1.29 is 9.53 Å². The number of carbonyl (C=O) groups is 1. The zero-order valence-corrected chi connectivity index (χ0v) is 12.6. The standard InChI is InChI=1S/C16H28O2/c1-12(2)14(16(3,4)5)15(17)18-13-10-8-6-7-9-11-13/h13H,6-11H2,1-5H3. The third kappa shape index (κ3) is 4.47. The second-order valence-electron chi connectivity index (χ2n) is 6.64. The van der Waals surface area contributed by atoms with Crippen molar-refractivity contribution in [2.45, 2.75) is 79.2 Å². The van der Waals surface area contributed by atoms with Gasteiger partial charge in [0.15, 0.2) is 0 Å². The maximum atomic E-state index is 12.3. The van der Waals surface area contributed by atoms with Gasteiger partial charge in [-0.25, -0.2) is 4.79 Å². The number of rotatable bonds is 2. The Morgan fingerprint density at radius 2 is 1.50 bits per heavy atom. The summed E-state index contributed by atoms with van der Waals surface area (Å²) in [6.07, 6.45) is 7.15. The van der Waals surface area contributed by atoms with Gasteiger partial charge in [0.25, 0.3) is 0 Å². The first-order chi connectivity index (χ1) is 8.32. The van der Waals surface area contributed by atoms with E-state index in [0.29, 0.717) is 0 Å². The lowest BCUT2D eigenvalue weighted by Gasteiger charge is -2.25. The Balaban J connectivity index is 2.71. The van der Waals surface area contributed by atoms with Crippen LogP contribution in [0.3, 0.4) is 0 Å². The summed E-state index contributed by atoms with van der Waals surface area (Å²) < 4.78 is 5.72. The van der Waals surface area contributed by atoms with Gasteiger partial charge in [-0.3, -0.25) is 0 Å². The normalized spacial score (nSPS) is 18.1. The molecule has 0 aromatic carbocycles. The van der Waals surface area contributed by atoms with E-state index >= 15 is 0 Å². The topological polar surface area (TPSA) is 26.3 Å². The SMILES string of the molecule is CC(C)=C(C(=O)OC1CCCCCC1)C(C)(C)C. The first kappa shape index (κ1) is 15.3. The minimum absolute atomic E-state index is 0.102.